The molecule has 0 aromatic carbocycles. The predicted molar refractivity (Wildman–Crippen MR) is 77.6 cm³/mol. The first kappa shape index (κ1) is 15.4. The summed E-state index contributed by atoms with van der Waals surface area (Å²) in [6.45, 7) is 4.69. The van der Waals surface area contributed by atoms with Crippen molar-refractivity contribution in [3.8, 4) is 0 Å². The molecule has 0 saturated heterocycles. The molecule has 0 radical (unpaired) electrons. The van der Waals surface area contributed by atoms with E-state index in [4.69, 9.17) is 0 Å². The van der Waals surface area contributed by atoms with Gasteiger partial charge < -0.3 is 4.57 Å². The first-order valence-electron chi connectivity index (χ1n) is 7.39. The quantitative estimate of drug-likeness (QED) is 0.834. The minimum Gasteiger partial charge on any atom is -0.316 e. The van der Waals surface area contributed by atoms with Crippen LogP contribution in [0.3, 0.4) is 0 Å². The molecule has 1 aliphatic carbocycles. The van der Waals surface area contributed by atoms with Gasteiger partial charge >= 0.3 is 0 Å². The van der Waals surface area contributed by atoms with Crippen LogP contribution in [0.4, 0.5) is 0 Å². The summed E-state index contributed by atoms with van der Waals surface area (Å²) in [5.74, 6) is 1.23. The van der Waals surface area contributed by atoms with Crippen LogP contribution in [0.2, 0.25) is 0 Å². The summed E-state index contributed by atoms with van der Waals surface area (Å²) >= 11 is 0. The van der Waals surface area contributed by atoms with Crippen LogP contribution < -0.4 is 4.72 Å². The lowest BCUT2D eigenvalue weighted by Gasteiger charge is -2.16. The zero-order valence-electron chi connectivity index (χ0n) is 12.2. The Kier molecular flexibility index (Phi) is 5.15. The fourth-order valence-electron chi connectivity index (χ4n) is 2.87. The van der Waals surface area contributed by atoms with Crippen molar-refractivity contribution in [3.63, 3.8) is 0 Å². The third-order valence-electron chi connectivity index (χ3n) is 3.78. The van der Waals surface area contributed by atoms with Gasteiger partial charge in [-0.25, -0.2) is 13.1 Å². The number of aromatic nitrogens is 3. The molecule has 1 unspecified atom stereocenters. The van der Waals surface area contributed by atoms with Gasteiger partial charge in [-0.2, -0.15) is 0 Å². The maximum atomic E-state index is 12.2. The largest absolute Gasteiger partial charge is 0.316 e. The minimum absolute atomic E-state index is 0.235. The summed E-state index contributed by atoms with van der Waals surface area (Å²) in [5, 5.41) is 7.91. The second kappa shape index (κ2) is 6.67. The van der Waals surface area contributed by atoms with Crippen molar-refractivity contribution in [3.05, 3.63) is 12.2 Å². The number of hydrogen-bond acceptors (Lipinski definition) is 4. The maximum absolute atomic E-state index is 12.2. The monoisotopic (exact) mass is 300 g/mol. The van der Waals surface area contributed by atoms with Crippen molar-refractivity contribution in [2.45, 2.75) is 58.5 Å². The SMILES string of the molecule is CCCn1cnnc1C(C)NS(=O)(=O)CC1CCCC1. The molecule has 1 fully saturated rings. The van der Waals surface area contributed by atoms with E-state index in [0.29, 0.717) is 11.7 Å². The first-order valence-corrected chi connectivity index (χ1v) is 9.04. The number of rotatable bonds is 7. The molecule has 0 bridgehead atoms. The summed E-state index contributed by atoms with van der Waals surface area (Å²) in [6.07, 6.45) is 6.98. The van der Waals surface area contributed by atoms with Gasteiger partial charge in [-0.15, -0.1) is 10.2 Å². The molecule has 1 N–H and O–H groups in total. The third-order valence-corrected chi connectivity index (χ3v) is 5.41. The Bertz CT molecular complexity index is 520. The molecular weight excluding hydrogens is 276 g/mol. The molecule has 0 aliphatic heterocycles. The second-order valence-corrected chi connectivity index (χ2v) is 7.45. The predicted octanol–water partition coefficient (Wildman–Crippen LogP) is 1.86. The van der Waals surface area contributed by atoms with E-state index in [-0.39, 0.29) is 11.8 Å². The fourth-order valence-corrected chi connectivity index (χ4v) is 4.56. The van der Waals surface area contributed by atoms with E-state index < -0.39 is 10.0 Å². The van der Waals surface area contributed by atoms with Gasteiger partial charge in [-0.3, -0.25) is 0 Å². The van der Waals surface area contributed by atoms with Gasteiger partial charge in [0, 0.05) is 6.54 Å². The summed E-state index contributed by atoms with van der Waals surface area (Å²) in [4.78, 5) is 0. The molecule has 1 aromatic rings. The lowest BCUT2D eigenvalue weighted by Crippen LogP contribution is -2.32. The Morgan fingerprint density at radius 2 is 2.15 bits per heavy atom. The molecular formula is C13H24N4O2S. The standard InChI is InChI=1S/C13H24N4O2S/c1-3-8-17-10-14-15-13(17)11(2)16-20(18,19)9-12-6-4-5-7-12/h10-12,16H,3-9H2,1-2H3. The van der Waals surface area contributed by atoms with E-state index in [1.54, 1.807) is 6.33 Å². The van der Waals surface area contributed by atoms with E-state index in [1.165, 1.54) is 0 Å². The molecule has 0 spiro atoms. The average molecular weight is 300 g/mol. The van der Waals surface area contributed by atoms with Gasteiger partial charge in [0.05, 0.1) is 11.8 Å². The summed E-state index contributed by atoms with van der Waals surface area (Å²) < 4.78 is 29.0. The molecule has 1 aliphatic rings. The van der Waals surface area contributed by atoms with Gasteiger partial charge in [0.1, 0.15) is 6.33 Å². The zero-order chi connectivity index (χ0) is 14.6. The first-order chi connectivity index (χ1) is 9.52. The van der Waals surface area contributed by atoms with Crippen molar-refractivity contribution >= 4 is 10.0 Å². The molecule has 1 atom stereocenters. The van der Waals surface area contributed by atoms with Crippen molar-refractivity contribution in [1.82, 2.24) is 19.5 Å². The van der Waals surface area contributed by atoms with Gasteiger partial charge in [-0.05, 0) is 32.1 Å². The Hall–Kier alpha value is -0.950. The van der Waals surface area contributed by atoms with Gasteiger partial charge in [0.15, 0.2) is 5.82 Å². The summed E-state index contributed by atoms with van der Waals surface area (Å²) in [6, 6.07) is -0.338. The molecule has 7 heteroatoms. The molecule has 1 saturated carbocycles. The van der Waals surface area contributed by atoms with Crippen molar-refractivity contribution in [2.75, 3.05) is 5.75 Å². The van der Waals surface area contributed by atoms with Crippen molar-refractivity contribution in [2.24, 2.45) is 5.92 Å². The van der Waals surface area contributed by atoms with Crippen LogP contribution in [-0.4, -0.2) is 28.9 Å². The maximum Gasteiger partial charge on any atom is 0.212 e. The Balaban J connectivity index is 1.98. The van der Waals surface area contributed by atoms with Crippen LogP contribution in [0.1, 0.15) is 57.8 Å². The molecule has 1 aromatic heterocycles. The molecule has 0 amide bonds. The Morgan fingerprint density at radius 1 is 1.45 bits per heavy atom. The van der Waals surface area contributed by atoms with E-state index >= 15 is 0 Å². The van der Waals surface area contributed by atoms with Crippen molar-refractivity contribution in [1.29, 1.82) is 0 Å². The fraction of sp³-hybridized carbons (Fsp3) is 0.846. The number of sulfonamides is 1. The second-order valence-electron chi connectivity index (χ2n) is 5.65. The van der Waals surface area contributed by atoms with Crippen molar-refractivity contribution < 1.29 is 8.42 Å². The van der Waals surface area contributed by atoms with Gasteiger partial charge in [-0.1, -0.05) is 19.8 Å². The van der Waals surface area contributed by atoms with Crippen LogP contribution in [0, 0.1) is 5.92 Å². The number of nitrogens with one attached hydrogen (secondary N) is 1. The van der Waals surface area contributed by atoms with Crippen LogP contribution >= 0.6 is 0 Å². The van der Waals surface area contributed by atoms with Gasteiger partial charge in [0.25, 0.3) is 0 Å². The lowest BCUT2D eigenvalue weighted by molar-refractivity contribution is 0.521. The smallest absolute Gasteiger partial charge is 0.212 e. The molecule has 114 valence electrons. The summed E-state index contributed by atoms with van der Waals surface area (Å²) in [5.41, 5.74) is 0. The topological polar surface area (TPSA) is 76.9 Å². The molecule has 1 heterocycles. The number of hydrogen-bond donors (Lipinski definition) is 1. The highest BCUT2D eigenvalue weighted by atomic mass is 32.2. The van der Waals surface area contributed by atoms with Crippen LogP contribution in [0.5, 0.6) is 0 Å². The van der Waals surface area contributed by atoms with E-state index in [9.17, 15) is 8.42 Å². The molecule has 20 heavy (non-hydrogen) atoms. The summed E-state index contributed by atoms with van der Waals surface area (Å²) in [7, 11) is -3.25. The normalized spacial score (nSPS) is 18.5. The van der Waals surface area contributed by atoms with Crippen LogP contribution in [0.25, 0.3) is 0 Å². The van der Waals surface area contributed by atoms with Gasteiger partial charge in [0.2, 0.25) is 10.0 Å². The number of nitrogens with zero attached hydrogens (tertiary/aromatic N) is 3. The molecule has 6 nitrogen and oxygen atoms in total. The lowest BCUT2D eigenvalue weighted by atomic mass is 10.1. The Labute approximate surface area is 121 Å². The van der Waals surface area contributed by atoms with Crippen LogP contribution in [-0.2, 0) is 16.6 Å². The van der Waals surface area contributed by atoms with E-state index in [1.807, 2.05) is 11.5 Å². The minimum atomic E-state index is -3.25. The highest BCUT2D eigenvalue weighted by Crippen LogP contribution is 2.26. The third kappa shape index (κ3) is 4.02. The average Bonchev–Trinajstić information content (AvgIpc) is 2.99. The zero-order valence-corrected chi connectivity index (χ0v) is 13.1. The van der Waals surface area contributed by atoms with E-state index in [0.717, 1.165) is 38.6 Å². The highest BCUT2D eigenvalue weighted by molar-refractivity contribution is 7.89. The number of aryl methyl sites for hydroxylation is 1. The van der Waals surface area contributed by atoms with Crippen LogP contribution in [0.15, 0.2) is 6.33 Å². The highest BCUT2D eigenvalue weighted by Gasteiger charge is 2.25. The molecule has 2 rings (SSSR count). The van der Waals surface area contributed by atoms with E-state index in [2.05, 4.69) is 21.8 Å². The Morgan fingerprint density at radius 3 is 2.80 bits per heavy atom.